The number of nitrogens with zero attached hydrogens (tertiary/aromatic N) is 1. The molecule has 0 unspecified atom stereocenters. The van der Waals surface area contributed by atoms with Crippen molar-refractivity contribution in [1.82, 2.24) is 4.98 Å². The molecule has 0 amide bonds. The Morgan fingerprint density at radius 3 is 2.81 bits per heavy atom. The van der Waals surface area contributed by atoms with Gasteiger partial charge in [0.1, 0.15) is 0 Å². The van der Waals surface area contributed by atoms with Crippen molar-refractivity contribution in [2.75, 3.05) is 0 Å². The number of hydrogen-bond acceptors (Lipinski definition) is 2. The fourth-order valence-corrected chi connectivity index (χ4v) is 2.15. The van der Waals surface area contributed by atoms with Crippen molar-refractivity contribution in [2.45, 2.75) is 0 Å². The molecule has 0 fully saturated rings. The number of pyridine rings is 1. The van der Waals surface area contributed by atoms with Crippen molar-refractivity contribution in [3.63, 3.8) is 0 Å². The third-order valence-electron chi connectivity index (χ3n) is 2.22. The van der Waals surface area contributed by atoms with Crippen LogP contribution in [-0.4, -0.2) is 4.98 Å². The van der Waals surface area contributed by atoms with E-state index in [1.54, 1.807) is 11.3 Å². The van der Waals surface area contributed by atoms with Gasteiger partial charge in [0.25, 0.3) is 0 Å². The predicted molar refractivity (Wildman–Crippen MR) is 62.7 cm³/mol. The van der Waals surface area contributed by atoms with E-state index in [9.17, 15) is 0 Å². The van der Waals surface area contributed by atoms with Gasteiger partial charge in [-0.3, -0.25) is 0 Å². The molecule has 0 aliphatic heterocycles. The number of aromatic nitrogens is 1. The Bertz CT molecular complexity index is 590. The summed E-state index contributed by atoms with van der Waals surface area (Å²) >= 11 is 1.65. The van der Waals surface area contributed by atoms with E-state index in [4.69, 9.17) is 0 Å². The predicted octanol–water partition coefficient (Wildman–Crippen LogP) is 3.56. The molecule has 2 aromatic heterocycles. The molecule has 3 aromatic rings. The molecule has 0 aliphatic rings. The minimum absolute atomic E-state index is 0. The molecule has 0 saturated heterocycles. The van der Waals surface area contributed by atoms with Crippen molar-refractivity contribution in [2.24, 2.45) is 0 Å². The van der Waals surface area contributed by atoms with Crippen molar-refractivity contribution >= 4 is 22.2 Å². The molecular formula is C13H7IrNS-2. The van der Waals surface area contributed by atoms with Crippen molar-refractivity contribution in [3.8, 4) is 10.6 Å². The van der Waals surface area contributed by atoms with E-state index >= 15 is 0 Å². The van der Waals surface area contributed by atoms with E-state index in [0.717, 1.165) is 21.5 Å². The largest absolute Gasteiger partial charge is 0.337 e. The van der Waals surface area contributed by atoms with Gasteiger partial charge < -0.3 is 4.98 Å². The van der Waals surface area contributed by atoms with Gasteiger partial charge in [0, 0.05) is 20.1 Å². The molecule has 3 heteroatoms. The Labute approximate surface area is 112 Å². The zero-order valence-electron chi connectivity index (χ0n) is 8.23. The average molecular weight is 401 g/mol. The number of rotatable bonds is 1. The van der Waals surface area contributed by atoms with Gasteiger partial charge in [-0.05, 0) is 5.69 Å². The van der Waals surface area contributed by atoms with Crippen LogP contribution in [0.25, 0.3) is 21.5 Å². The van der Waals surface area contributed by atoms with Crippen LogP contribution in [0.15, 0.2) is 41.8 Å². The zero-order valence-corrected chi connectivity index (χ0v) is 11.4. The molecule has 0 atom stereocenters. The Kier molecular flexibility index (Phi) is 3.49. The maximum atomic E-state index is 4.54. The minimum Gasteiger partial charge on any atom is -0.337 e. The second kappa shape index (κ2) is 4.87. The molecule has 3 rings (SSSR count). The van der Waals surface area contributed by atoms with E-state index in [1.807, 2.05) is 35.7 Å². The summed E-state index contributed by atoms with van der Waals surface area (Å²) in [5.74, 6) is 0. The molecule has 0 saturated carbocycles. The molecule has 0 bridgehead atoms. The van der Waals surface area contributed by atoms with Gasteiger partial charge in [0.15, 0.2) is 0 Å². The van der Waals surface area contributed by atoms with Crippen LogP contribution in [0, 0.1) is 12.1 Å². The van der Waals surface area contributed by atoms with Crippen LogP contribution in [0.5, 0.6) is 0 Å². The van der Waals surface area contributed by atoms with Gasteiger partial charge in [-0.25, -0.2) is 11.3 Å². The second-order valence-electron chi connectivity index (χ2n) is 3.20. The summed E-state index contributed by atoms with van der Waals surface area (Å²) in [7, 11) is 0. The van der Waals surface area contributed by atoms with E-state index in [1.165, 1.54) is 0 Å². The SMILES string of the molecule is [Ir].[c-]1ccsc1-c1ccc2ccc[c-]c2n1. The maximum absolute atomic E-state index is 4.54. The van der Waals surface area contributed by atoms with Gasteiger partial charge in [-0.15, -0.1) is 22.9 Å². The molecule has 1 aromatic carbocycles. The van der Waals surface area contributed by atoms with Crippen molar-refractivity contribution in [3.05, 3.63) is 53.9 Å². The molecule has 0 N–H and O–H groups in total. The summed E-state index contributed by atoms with van der Waals surface area (Å²) in [5.41, 5.74) is 1.89. The Hall–Kier alpha value is -1.02. The number of para-hydroxylation sites is 1. The number of benzene rings is 1. The van der Waals surface area contributed by atoms with Crippen LogP contribution in [0.1, 0.15) is 0 Å². The van der Waals surface area contributed by atoms with Gasteiger partial charge >= 0.3 is 0 Å². The van der Waals surface area contributed by atoms with Crippen LogP contribution in [0.2, 0.25) is 0 Å². The Morgan fingerprint density at radius 2 is 2.00 bits per heavy atom. The van der Waals surface area contributed by atoms with Crippen molar-refractivity contribution < 1.29 is 20.1 Å². The summed E-state index contributed by atoms with van der Waals surface area (Å²) in [6, 6.07) is 18.2. The first-order valence-electron chi connectivity index (χ1n) is 4.66. The normalized spacial score (nSPS) is 10.0. The molecular weight excluding hydrogens is 394 g/mol. The molecule has 16 heavy (non-hydrogen) atoms. The van der Waals surface area contributed by atoms with E-state index in [0.29, 0.717) is 0 Å². The summed E-state index contributed by atoms with van der Waals surface area (Å²) < 4.78 is 0. The molecule has 0 aliphatic carbocycles. The van der Waals surface area contributed by atoms with Crippen LogP contribution in [0.3, 0.4) is 0 Å². The van der Waals surface area contributed by atoms with E-state index < -0.39 is 0 Å². The third-order valence-corrected chi connectivity index (χ3v) is 3.05. The molecule has 1 nitrogen and oxygen atoms in total. The quantitative estimate of drug-likeness (QED) is 0.568. The van der Waals surface area contributed by atoms with Crippen LogP contribution >= 0.6 is 11.3 Å². The van der Waals surface area contributed by atoms with E-state index in [-0.39, 0.29) is 20.1 Å². The first-order valence-corrected chi connectivity index (χ1v) is 5.54. The van der Waals surface area contributed by atoms with Gasteiger partial charge in [-0.2, -0.15) is 36.4 Å². The maximum Gasteiger partial charge on any atom is 0 e. The second-order valence-corrected chi connectivity index (χ2v) is 4.11. The summed E-state index contributed by atoms with van der Waals surface area (Å²) in [4.78, 5) is 5.62. The first kappa shape index (κ1) is 11.5. The average Bonchev–Trinajstić information content (AvgIpc) is 2.82. The molecule has 0 spiro atoms. The number of thiophene rings is 1. The fraction of sp³-hybridized carbons (Fsp3) is 0. The molecule has 2 heterocycles. The molecule has 81 valence electrons. The summed E-state index contributed by atoms with van der Waals surface area (Å²) in [6.45, 7) is 0. The summed E-state index contributed by atoms with van der Waals surface area (Å²) in [6.07, 6.45) is 0. The van der Waals surface area contributed by atoms with E-state index in [2.05, 4.69) is 23.2 Å². The smallest absolute Gasteiger partial charge is 0 e. The fourth-order valence-electron chi connectivity index (χ4n) is 1.51. The van der Waals surface area contributed by atoms with Gasteiger partial charge in [0.2, 0.25) is 0 Å². The van der Waals surface area contributed by atoms with Crippen molar-refractivity contribution in [1.29, 1.82) is 0 Å². The Morgan fingerprint density at radius 1 is 1.06 bits per heavy atom. The first-order chi connectivity index (χ1) is 7.43. The summed E-state index contributed by atoms with van der Waals surface area (Å²) in [5, 5.41) is 3.13. The van der Waals surface area contributed by atoms with Crippen LogP contribution in [0.4, 0.5) is 0 Å². The number of fused-ring (bicyclic) bond motifs is 1. The Balaban J connectivity index is 0.000000963. The van der Waals surface area contributed by atoms with Crippen LogP contribution in [-0.2, 0) is 20.1 Å². The minimum atomic E-state index is 0. The van der Waals surface area contributed by atoms with Gasteiger partial charge in [-0.1, -0.05) is 10.4 Å². The third kappa shape index (κ3) is 2.07. The molecule has 1 radical (unpaired) electrons. The zero-order chi connectivity index (χ0) is 10.1. The number of hydrogen-bond donors (Lipinski definition) is 0. The topological polar surface area (TPSA) is 12.9 Å². The monoisotopic (exact) mass is 402 g/mol. The van der Waals surface area contributed by atoms with Crippen LogP contribution < -0.4 is 0 Å². The van der Waals surface area contributed by atoms with Gasteiger partial charge in [0.05, 0.1) is 0 Å². The standard InChI is InChI=1S/C13H7NS.Ir/c1-2-5-11-10(4-1)7-8-12(14-11)13-6-3-9-15-13;/h1-4,7-9H;/q-2;.